The topological polar surface area (TPSA) is 102 Å². The Morgan fingerprint density at radius 2 is 1.74 bits per heavy atom. The lowest BCUT2D eigenvalue weighted by molar-refractivity contribution is 0.0933. The van der Waals surface area contributed by atoms with Crippen molar-refractivity contribution in [2.24, 2.45) is 5.92 Å². The Kier molecular flexibility index (Phi) is 7.91. The number of amides is 1. The lowest BCUT2D eigenvalue weighted by atomic mass is 9.96. The molecule has 1 aromatic carbocycles. The van der Waals surface area contributed by atoms with Crippen LogP contribution in [0.1, 0.15) is 48.8 Å². The maximum atomic E-state index is 12.9. The number of sulfonamides is 1. The number of carbonyl (C=O) groups is 1. The zero-order valence-corrected chi connectivity index (χ0v) is 21.4. The van der Waals surface area contributed by atoms with Crippen LogP contribution in [0.2, 0.25) is 0 Å². The highest BCUT2D eigenvalue weighted by Crippen LogP contribution is 2.21. The molecular weight excluding hydrogens is 452 g/mol. The number of rotatable bonds is 8. The van der Waals surface area contributed by atoms with Gasteiger partial charge in [0, 0.05) is 51.7 Å². The van der Waals surface area contributed by atoms with E-state index in [-0.39, 0.29) is 11.8 Å². The molecule has 34 heavy (non-hydrogen) atoms. The van der Waals surface area contributed by atoms with E-state index in [0.717, 1.165) is 69.0 Å². The fourth-order valence-electron chi connectivity index (χ4n) is 4.82. The van der Waals surface area contributed by atoms with Crippen LogP contribution in [0.5, 0.6) is 0 Å². The highest BCUT2D eigenvalue weighted by atomic mass is 32.2. The van der Waals surface area contributed by atoms with E-state index >= 15 is 0 Å². The second-order valence-corrected chi connectivity index (χ2v) is 12.0. The third-order valence-electron chi connectivity index (χ3n) is 7.11. The first-order valence-corrected chi connectivity index (χ1v) is 14.2. The lowest BCUT2D eigenvalue weighted by Gasteiger charge is -2.36. The van der Waals surface area contributed by atoms with Gasteiger partial charge in [-0.3, -0.25) is 9.69 Å². The van der Waals surface area contributed by atoms with Crippen molar-refractivity contribution in [2.75, 3.05) is 65.2 Å². The van der Waals surface area contributed by atoms with Gasteiger partial charge in [-0.2, -0.15) is 4.31 Å². The molecule has 2 N–H and O–H groups in total. The molecule has 2 saturated heterocycles. The summed E-state index contributed by atoms with van der Waals surface area (Å²) in [6.07, 6.45) is 3.44. The number of hydrogen-bond acceptors (Lipinski definition) is 6. The number of aromatic amines is 1. The maximum absolute atomic E-state index is 12.9. The summed E-state index contributed by atoms with van der Waals surface area (Å²) in [6.45, 7) is 11.7. The van der Waals surface area contributed by atoms with Gasteiger partial charge in [-0.05, 0) is 44.0 Å². The van der Waals surface area contributed by atoms with E-state index in [4.69, 9.17) is 0 Å². The van der Waals surface area contributed by atoms with Crippen LogP contribution < -0.4 is 5.32 Å². The van der Waals surface area contributed by atoms with Crippen LogP contribution in [0.25, 0.3) is 11.0 Å². The van der Waals surface area contributed by atoms with Crippen LogP contribution in [-0.4, -0.2) is 104 Å². The first-order valence-electron chi connectivity index (χ1n) is 12.4. The molecule has 1 amide bonds. The standard InChI is InChI=1S/C24H38N6O3S/c1-18(2)23-26-21-6-4-5-20(22(21)27-23)24(31)25-17-19-7-9-28(10-8-19)11-12-29-13-15-30(16-14-29)34(3,32)33/h4-6,18-19H,7-17H2,1-3H3,(H,25,31)(H,26,27). The molecule has 0 radical (unpaired) electrons. The number of nitrogens with one attached hydrogen (secondary N) is 2. The molecule has 2 aliphatic heterocycles. The zero-order chi connectivity index (χ0) is 24.3. The second-order valence-electron chi connectivity index (χ2n) is 9.98. The van der Waals surface area contributed by atoms with Crippen molar-refractivity contribution in [3.63, 3.8) is 0 Å². The van der Waals surface area contributed by atoms with Gasteiger partial charge in [0.05, 0.1) is 17.3 Å². The molecule has 2 aliphatic rings. The van der Waals surface area contributed by atoms with Crippen LogP contribution in [0.4, 0.5) is 0 Å². The van der Waals surface area contributed by atoms with Crippen LogP contribution in [-0.2, 0) is 10.0 Å². The monoisotopic (exact) mass is 490 g/mol. The Morgan fingerprint density at radius 1 is 1.09 bits per heavy atom. The van der Waals surface area contributed by atoms with Crippen LogP contribution >= 0.6 is 0 Å². The summed E-state index contributed by atoms with van der Waals surface area (Å²) in [6, 6.07) is 5.71. The van der Waals surface area contributed by atoms with Crippen molar-refractivity contribution in [1.29, 1.82) is 0 Å². The van der Waals surface area contributed by atoms with Crippen molar-refractivity contribution in [3.8, 4) is 0 Å². The number of imidazole rings is 1. The van der Waals surface area contributed by atoms with Crippen LogP contribution in [0.3, 0.4) is 0 Å². The highest BCUT2D eigenvalue weighted by Gasteiger charge is 2.25. The minimum atomic E-state index is -3.07. The van der Waals surface area contributed by atoms with Crippen LogP contribution in [0, 0.1) is 5.92 Å². The van der Waals surface area contributed by atoms with Gasteiger partial charge in [0.1, 0.15) is 11.3 Å². The number of hydrogen-bond donors (Lipinski definition) is 2. The largest absolute Gasteiger partial charge is 0.352 e. The number of H-pyrrole nitrogens is 1. The molecule has 10 heteroatoms. The van der Waals surface area contributed by atoms with E-state index < -0.39 is 10.0 Å². The van der Waals surface area contributed by atoms with Gasteiger partial charge < -0.3 is 15.2 Å². The molecule has 1 aromatic heterocycles. The van der Waals surface area contributed by atoms with Gasteiger partial charge in [-0.15, -0.1) is 0 Å². The molecule has 2 aromatic rings. The predicted molar refractivity (Wildman–Crippen MR) is 135 cm³/mol. The summed E-state index contributed by atoms with van der Waals surface area (Å²) in [5.74, 6) is 1.62. The molecular formula is C24H38N6O3S. The van der Waals surface area contributed by atoms with E-state index in [2.05, 4.69) is 38.9 Å². The molecule has 2 fully saturated rings. The fraction of sp³-hybridized carbons (Fsp3) is 0.667. The van der Waals surface area contributed by atoms with Crippen molar-refractivity contribution in [2.45, 2.75) is 32.6 Å². The van der Waals surface area contributed by atoms with Crippen molar-refractivity contribution >= 4 is 27.0 Å². The number of carbonyl (C=O) groups excluding carboxylic acids is 1. The molecule has 188 valence electrons. The number of aromatic nitrogens is 2. The molecule has 3 heterocycles. The number of para-hydroxylation sites is 1. The predicted octanol–water partition coefficient (Wildman–Crippen LogP) is 1.71. The Balaban J connectivity index is 1.19. The fourth-order valence-corrected chi connectivity index (χ4v) is 5.65. The third kappa shape index (κ3) is 6.16. The smallest absolute Gasteiger partial charge is 0.253 e. The number of likely N-dealkylation sites (tertiary alicyclic amines) is 1. The first kappa shape index (κ1) is 25.1. The van der Waals surface area contributed by atoms with E-state index in [1.807, 2.05) is 18.2 Å². The second kappa shape index (κ2) is 10.7. The van der Waals surface area contributed by atoms with Gasteiger partial charge in [-0.25, -0.2) is 13.4 Å². The summed E-state index contributed by atoms with van der Waals surface area (Å²) in [4.78, 5) is 25.7. The van der Waals surface area contributed by atoms with E-state index in [1.54, 1.807) is 4.31 Å². The lowest BCUT2D eigenvalue weighted by Crippen LogP contribution is -2.50. The molecule has 9 nitrogen and oxygen atoms in total. The van der Waals surface area contributed by atoms with Gasteiger partial charge in [0.15, 0.2) is 0 Å². The average molecular weight is 491 g/mol. The van der Waals surface area contributed by atoms with Crippen molar-refractivity contribution < 1.29 is 13.2 Å². The summed E-state index contributed by atoms with van der Waals surface area (Å²) in [7, 11) is -3.07. The van der Waals surface area contributed by atoms with E-state index in [0.29, 0.717) is 31.1 Å². The molecule has 4 rings (SSSR count). The number of piperazine rings is 1. The Bertz CT molecular complexity index is 1080. The van der Waals surface area contributed by atoms with E-state index in [9.17, 15) is 13.2 Å². The van der Waals surface area contributed by atoms with Gasteiger partial charge in [-0.1, -0.05) is 19.9 Å². The Hall–Kier alpha value is -2.01. The highest BCUT2D eigenvalue weighted by molar-refractivity contribution is 7.88. The first-order chi connectivity index (χ1) is 16.2. The summed E-state index contributed by atoms with van der Waals surface area (Å²) in [5, 5.41) is 3.14. The quantitative estimate of drug-likeness (QED) is 0.584. The SMILES string of the molecule is CC(C)c1nc2c(C(=O)NCC3CCN(CCN4CCN(S(C)(=O)=O)CC4)CC3)cccc2[nH]1. The number of nitrogens with zero attached hydrogens (tertiary/aromatic N) is 4. The molecule has 0 unspecified atom stereocenters. The third-order valence-corrected chi connectivity index (χ3v) is 8.42. The van der Waals surface area contributed by atoms with Gasteiger partial charge in [0.2, 0.25) is 10.0 Å². The molecule has 0 aliphatic carbocycles. The molecule has 0 atom stereocenters. The number of fused-ring (bicyclic) bond motifs is 1. The Morgan fingerprint density at radius 3 is 2.35 bits per heavy atom. The van der Waals surface area contributed by atoms with Gasteiger partial charge in [0.25, 0.3) is 5.91 Å². The van der Waals surface area contributed by atoms with Crippen molar-refractivity contribution in [1.82, 2.24) is 29.4 Å². The normalized spacial score (nSPS) is 19.8. The van der Waals surface area contributed by atoms with Crippen LogP contribution in [0.15, 0.2) is 18.2 Å². The minimum absolute atomic E-state index is 0.0527. The average Bonchev–Trinajstić information content (AvgIpc) is 3.26. The van der Waals surface area contributed by atoms with E-state index in [1.165, 1.54) is 6.26 Å². The maximum Gasteiger partial charge on any atom is 0.253 e. The number of benzene rings is 1. The minimum Gasteiger partial charge on any atom is -0.352 e. The molecule has 0 saturated carbocycles. The molecule has 0 spiro atoms. The van der Waals surface area contributed by atoms with Crippen molar-refractivity contribution in [3.05, 3.63) is 29.6 Å². The number of piperidine rings is 1. The summed E-state index contributed by atoms with van der Waals surface area (Å²) in [5.41, 5.74) is 2.28. The summed E-state index contributed by atoms with van der Waals surface area (Å²) < 4.78 is 24.9. The Labute approximate surface area is 202 Å². The molecule has 0 bridgehead atoms. The van der Waals surface area contributed by atoms with Gasteiger partial charge >= 0.3 is 0 Å². The summed E-state index contributed by atoms with van der Waals surface area (Å²) >= 11 is 0. The zero-order valence-electron chi connectivity index (χ0n) is 20.6.